The second kappa shape index (κ2) is 15.0. The van der Waals surface area contributed by atoms with Crippen LogP contribution in [-0.4, -0.2) is 57.7 Å². The summed E-state index contributed by atoms with van der Waals surface area (Å²) >= 11 is 3.21. The van der Waals surface area contributed by atoms with E-state index in [-0.39, 0.29) is 60.9 Å². The molecule has 4 rings (SSSR count). The van der Waals surface area contributed by atoms with Gasteiger partial charge in [-0.25, -0.2) is 19.2 Å². The zero-order valence-corrected chi connectivity index (χ0v) is 32.9. The Bertz CT molecular complexity index is 2180. The first-order valence-electron chi connectivity index (χ1n) is 16.5. The second-order valence-electron chi connectivity index (χ2n) is 13.0. The van der Waals surface area contributed by atoms with Crippen LogP contribution in [-0.2, 0) is 20.7 Å². The Kier molecular flexibility index (Phi) is 11.5. The van der Waals surface area contributed by atoms with Gasteiger partial charge < -0.3 is 34.3 Å². The number of rotatable bonds is 9. The Morgan fingerprint density at radius 3 is 1.85 bits per heavy atom. The van der Waals surface area contributed by atoms with E-state index in [2.05, 4.69) is 15.9 Å². The number of hydrogen-bond acceptors (Lipinski definition) is 11. The van der Waals surface area contributed by atoms with E-state index >= 15 is 0 Å². The number of carboxylic acids is 1. The predicted octanol–water partition coefficient (Wildman–Crippen LogP) is 7.02. The van der Waals surface area contributed by atoms with Crippen molar-refractivity contribution in [3.05, 3.63) is 101 Å². The number of aromatic hydroxyl groups is 1. The smallest absolute Gasteiger partial charge is 0.356 e. The number of halogens is 1. The van der Waals surface area contributed by atoms with Crippen LogP contribution in [0.3, 0.4) is 0 Å². The summed E-state index contributed by atoms with van der Waals surface area (Å²) in [5.41, 5.74) is 1.70. The number of carbonyl (C=O) groups excluding carboxylic acids is 4. The van der Waals surface area contributed by atoms with Gasteiger partial charge in [-0.3, -0.25) is 4.79 Å². The van der Waals surface area contributed by atoms with E-state index in [4.69, 9.17) is 18.9 Å². The summed E-state index contributed by atoms with van der Waals surface area (Å²) in [7, 11) is 1.19. The van der Waals surface area contributed by atoms with Crippen molar-refractivity contribution in [2.24, 2.45) is 0 Å². The van der Waals surface area contributed by atoms with Gasteiger partial charge in [0.25, 0.3) is 0 Å². The maximum absolute atomic E-state index is 13.7. The Morgan fingerprint density at radius 2 is 1.28 bits per heavy atom. The number of ether oxygens (including phenoxy) is 4. The lowest BCUT2D eigenvalue weighted by atomic mass is 9.87. The minimum absolute atomic E-state index is 0.0395. The van der Waals surface area contributed by atoms with Gasteiger partial charge in [-0.2, -0.15) is 0 Å². The monoisotopic (exact) mass is 792 g/mol. The number of carbonyl (C=O) groups is 5. The highest BCUT2D eigenvalue weighted by Crippen LogP contribution is 2.44. The molecular weight excluding hydrogens is 752 g/mol. The fraction of sp³-hybridized carbons (Fsp3) is 0.325. The summed E-state index contributed by atoms with van der Waals surface area (Å²) in [4.78, 5) is 64.7. The molecule has 0 aliphatic heterocycles. The molecule has 0 radical (unpaired) electrons. The molecule has 13 heteroatoms. The Hall–Kier alpha value is -5.27. The van der Waals surface area contributed by atoms with Crippen LogP contribution in [0.4, 0.5) is 0 Å². The van der Waals surface area contributed by atoms with Gasteiger partial charge in [0, 0.05) is 6.08 Å². The third kappa shape index (κ3) is 6.86. The topological polar surface area (TPSA) is 183 Å². The molecule has 280 valence electrons. The molecule has 0 spiro atoms. The van der Waals surface area contributed by atoms with Crippen molar-refractivity contribution in [2.45, 2.75) is 81.3 Å². The van der Waals surface area contributed by atoms with E-state index in [0.29, 0.717) is 45.4 Å². The molecule has 0 bridgehead atoms. The zero-order valence-electron chi connectivity index (χ0n) is 31.3. The highest BCUT2D eigenvalue weighted by Gasteiger charge is 2.48. The third-order valence-corrected chi connectivity index (χ3v) is 10.7. The van der Waals surface area contributed by atoms with Crippen LogP contribution in [0.2, 0.25) is 0 Å². The number of ketones is 1. The molecule has 3 aromatic carbocycles. The molecule has 1 atom stereocenters. The van der Waals surface area contributed by atoms with Crippen LogP contribution in [0.15, 0.2) is 34.0 Å². The largest absolute Gasteiger partial charge is 0.506 e. The number of phenols is 1. The quantitative estimate of drug-likeness (QED) is 0.149. The summed E-state index contributed by atoms with van der Waals surface area (Å²) in [6.45, 7) is 16.3. The van der Waals surface area contributed by atoms with Crippen molar-refractivity contribution in [1.82, 2.24) is 0 Å². The number of methoxy groups -OCH3 is 1. The summed E-state index contributed by atoms with van der Waals surface area (Å²) in [5.74, 6) is -5.11. The molecule has 1 aliphatic carbocycles. The van der Waals surface area contributed by atoms with Crippen molar-refractivity contribution < 1.29 is 58.2 Å². The molecule has 0 heterocycles. The Balaban J connectivity index is 1.67. The molecule has 0 saturated carbocycles. The number of carboxylic acid groups (broad SMARTS) is 1. The molecule has 1 aliphatic rings. The lowest BCUT2D eigenvalue weighted by molar-refractivity contribution is -0.151. The molecule has 0 unspecified atom stereocenters. The molecule has 0 fully saturated rings. The Labute approximate surface area is 315 Å². The molecule has 0 amide bonds. The average Bonchev–Trinajstić information content (AvgIpc) is 3.09. The minimum Gasteiger partial charge on any atom is -0.506 e. The van der Waals surface area contributed by atoms with E-state index in [0.717, 1.165) is 12.2 Å². The van der Waals surface area contributed by atoms with Crippen molar-refractivity contribution in [3.8, 4) is 23.0 Å². The first-order valence-corrected chi connectivity index (χ1v) is 17.3. The SMILES string of the molecule is CCc1c(C)c(OC(=O)c2c(C)cc(OC(=O)c3c(C)c(C)c(OC(=O)[C@@]4(O)C(C)=CC(=O)C=C4OC)c(Br)c3O)c(C)c2C)c(C)c(C)c1C(=O)O. The van der Waals surface area contributed by atoms with Gasteiger partial charge >= 0.3 is 23.9 Å². The van der Waals surface area contributed by atoms with Crippen LogP contribution < -0.4 is 14.2 Å². The maximum atomic E-state index is 13.7. The number of aromatic carboxylic acids is 1. The first kappa shape index (κ1) is 40.5. The number of esters is 3. The van der Waals surface area contributed by atoms with Crippen molar-refractivity contribution in [3.63, 3.8) is 0 Å². The maximum Gasteiger partial charge on any atom is 0.356 e. The normalized spacial score (nSPS) is 15.4. The number of aliphatic hydroxyl groups is 1. The van der Waals surface area contributed by atoms with Gasteiger partial charge in [-0.05, 0) is 152 Å². The fourth-order valence-electron chi connectivity index (χ4n) is 6.54. The van der Waals surface area contributed by atoms with Crippen molar-refractivity contribution in [1.29, 1.82) is 0 Å². The van der Waals surface area contributed by atoms with Crippen molar-refractivity contribution >= 4 is 45.6 Å². The first-order chi connectivity index (χ1) is 24.6. The van der Waals surface area contributed by atoms with Crippen LogP contribution >= 0.6 is 15.9 Å². The van der Waals surface area contributed by atoms with Crippen LogP contribution in [0.5, 0.6) is 23.0 Å². The van der Waals surface area contributed by atoms with Crippen LogP contribution in [0.25, 0.3) is 0 Å². The molecule has 12 nitrogen and oxygen atoms in total. The number of aryl methyl sites for hydroxylation is 1. The van der Waals surface area contributed by atoms with Crippen LogP contribution in [0, 0.1) is 55.4 Å². The summed E-state index contributed by atoms with van der Waals surface area (Å²) < 4.78 is 22.2. The fourth-order valence-corrected chi connectivity index (χ4v) is 7.12. The summed E-state index contributed by atoms with van der Waals surface area (Å²) in [6, 6.07) is 1.50. The van der Waals surface area contributed by atoms with Gasteiger partial charge in [0.05, 0.1) is 18.2 Å². The molecular formula is C40H41BrO12. The standard InChI is InChI=1S/C40H41BrO12/c1-12-26-24(10)34(22(8)20(6)30(26)36(44)45)52-37(46)29-16(2)13-27(18(4)19(29)5)51-38(47)31-21(7)23(9)35(32(41)33(31)43)53-39(48)40(49)17(3)14-25(42)15-28(40)50-11/h13-15,43,49H,12H2,1-11H3,(H,44,45)/t40-/m1/s1. The highest BCUT2D eigenvalue weighted by molar-refractivity contribution is 9.10. The van der Waals surface area contributed by atoms with Gasteiger partial charge in [0.2, 0.25) is 5.60 Å². The van der Waals surface area contributed by atoms with E-state index in [1.807, 2.05) is 6.92 Å². The van der Waals surface area contributed by atoms with Gasteiger partial charge in [0.1, 0.15) is 33.0 Å². The predicted molar refractivity (Wildman–Crippen MR) is 197 cm³/mol. The Morgan fingerprint density at radius 1 is 0.736 bits per heavy atom. The number of phenolic OH excluding ortho intramolecular Hbond substituents is 1. The average molecular weight is 794 g/mol. The second-order valence-corrected chi connectivity index (χ2v) is 13.8. The number of allylic oxidation sites excluding steroid dienone is 2. The van der Waals surface area contributed by atoms with E-state index in [1.54, 1.807) is 41.5 Å². The van der Waals surface area contributed by atoms with Crippen LogP contribution in [0.1, 0.15) is 95.0 Å². The molecule has 3 aromatic rings. The minimum atomic E-state index is -2.43. The number of benzene rings is 3. The third-order valence-electron chi connectivity index (χ3n) is 9.99. The lowest BCUT2D eigenvalue weighted by Gasteiger charge is -2.30. The molecule has 0 aromatic heterocycles. The molecule has 0 saturated heterocycles. The van der Waals surface area contributed by atoms with E-state index < -0.39 is 41.0 Å². The van der Waals surface area contributed by atoms with Crippen molar-refractivity contribution in [2.75, 3.05) is 7.11 Å². The van der Waals surface area contributed by atoms with Gasteiger partial charge in [0.15, 0.2) is 11.5 Å². The van der Waals surface area contributed by atoms with Gasteiger partial charge in [-0.1, -0.05) is 6.92 Å². The highest BCUT2D eigenvalue weighted by atomic mass is 79.9. The van der Waals surface area contributed by atoms with Gasteiger partial charge in [-0.15, -0.1) is 0 Å². The zero-order chi connectivity index (χ0) is 40.0. The lowest BCUT2D eigenvalue weighted by Crippen LogP contribution is -2.47. The molecule has 53 heavy (non-hydrogen) atoms. The van der Waals surface area contributed by atoms with E-state index in [9.17, 15) is 39.3 Å². The van der Waals surface area contributed by atoms with E-state index in [1.165, 1.54) is 33.9 Å². The number of hydrogen-bond donors (Lipinski definition) is 3. The summed E-state index contributed by atoms with van der Waals surface area (Å²) in [6.07, 6.45) is 2.46. The summed E-state index contributed by atoms with van der Waals surface area (Å²) in [5, 5.41) is 32.3. The molecule has 3 N–H and O–H groups in total.